The van der Waals surface area contributed by atoms with Gasteiger partial charge in [-0.2, -0.15) is 0 Å². The smallest absolute Gasteiger partial charge is 0.374 e. The van der Waals surface area contributed by atoms with Crippen LogP contribution in [0.25, 0.3) is 4.85 Å². The number of hydrogen-bond donors (Lipinski definition) is 1. The largest absolute Gasteiger partial charge is 0.508 e. The van der Waals surface area contributed by atoms with Gasteiger partial charge in [0.2, 0.25) is 11.8 Å². The minimum Gasteiger partial charge on any atom is -0.508 e. The number of hydrogen-bond acceptors (Lipinski definition) is 6. The molecule has 1 aromatic carbocycles. The van der Waals surface area contributed by atoms with Gasteiger partial charge in [-0.05, 0) is 67.3 Å². The molecule has 4 rings (SSSR count). The molecule has 0 bridgehead atoms. The molecule has 194 valence electrons. The summed E-state index contributed by atoms with van der Waals surface area (Å²) in [6.07, 6.45) is 5.57. The topological polar surface area (TPSA) is 76.5 Å². The molecule has 7 nitrogen and oxygen atoms in total. The fourth-order valence-electron chi connectivity index (χ4n) is 5.83. The van der Waals surface area contributed by atoms with Crippen molar-refractivity contribution in [2.24, 2.45) is 17.8 Å². The van der Waals surface area contributed by atoms with Crippen LogP contribution in [-0.2, 0) is 22.3 Å². The van der Waals surface area contributed by atoms with E-state index in [0.717, 1.165) is 76.2 Å². The maximum absolute atomic E-state index is 12.3. The Morgan fingerprint density at radius 2 is 2.00 bits per heavy atom. The second-order valence-electron chi connectivity index (χ2n) is 10.2. The molecule has 4 atom stereocenters. The number of benzene rings is 1. The molecule has 0 radical (unpaired) electrons. The number of nitrogens with zero attached hydrogens (tertiary/aromatic N) is 2. The van der Waals surface area contributed by atoms with Crippen LogP contribution >= 0.6 is 0 Å². The van der Waals surface area contributed by atoms with Crippen LogP contribution in [0.15, 0.2) is 40.8 Å². The molecule has 1 aliphatic heterocycles. The molecule has 2 fully saturated rings. The highest BCUT2D eigenvalue weighted by molar-refractivity contribution is 5.86. The fourth-order valence-corrected chi connectivity index (χ4v) is 5.83. The van der Waals surface area contributed by atoms with E-state index in [1.165, 1.54) is 0 Å². The van der Waals surface area contributed by atoms with E-state index in [1.54, 1.807) is 12.1 Å². The molecule has 2 heterocycles. The first kappa shape index (κ1) is 26.2. The number of ether oxygens (including phenoxy) is 2. The second-order valence-corrected chi connectivity index (χ2v) is 10.2. The van der Waals surface area contributed by atoms with E-state index >= 15 is 0 Å². The van der Waals surface area contributed by atoms with Crippen molar-refractivity contribution < 1.29 is 23.8 Å². The first-order chi connectivity index (χ1) is 17.5. The van der Waals surface area contributed by atoms with E-state index in [1.807, 2.05) is 24.3 Å². The minimum absolute atomic E-state index is 0.0738. The number of phenolic OH excluding ortho intramolecular Hbond substituents is 1. The SMILES string of the molecule is [C-]#[N+]C1CC(C)[C@H](CCCc2ccc(C(=O)OCCN3CCOCC3)o2)[C@H]1CCc1cccc(O)c1. The van der Waals surface area contributed by atoms with Gasteiger partial charge in [0, 0.05) is 38.4 Å². The first-order valence-electron chi connectivity index (χ1n) is 13.2. The molecule has 7 heteroatoms. The summed E-state index contributed by atoms with van der Waals surface area (Å²) in [5.41, 5.74) is 1.12. The molecule has 1 saturated heterocycles. The Labute approximate surface area is 214 Å². The van der Waals surface area contributed by atoms with Crippen molar-refractivity contribution in [1.82, 2.24) is 4.90 Å². The molecule has 1 aromatic heterocycles. The lowest BCUT2D eigenvalue weighted by atomic mass is 9.82. The number of aromatic hydroxyl groups is 1. The van der Waals surface area contributed by atoms with Gasteiger partial charge in [-0.25, -0.2) is 11.4 Å². The van der Waals surface area contributed by atoms with Crippen molar-refractivity contribution >= 4 is 5.97 Å². The number of furan rings is 1. The van der Waals surface area contributed by atoms with Crippen LogP contribution in [-0.4, -0.2) is 61.5 Å². The van der Waals surface area contributed by atoms with E-state index < -0.39 is 5.97 Å². The number of esters is 1. The van der Waals surface area contributed by atoms with Gasteiger partial charge in [0.1, 0.15) is 18.1 Å². The standard InChI is InChI=1S/C29H38N2O5/c1-21-19-27(30-2)26(11-9-22-5-3-6-23(32)20-22)25(21)8-4-7-24-10-12-28(36-24)29(33)35-18-15-31-13-16-34-17-14-31/h3,5-6,10,12,20-21,25-27,32H,4,7-9,11,13-19H2,1H3/t21?,25-,26+,27?/m0/s1. The summed E-state index contributed by atoms with van der Waals surface area (Å²) in [5.74, 6) is 2.34. The molecule has 0 spiro atoms. The van der Waals surface area contributed by atoms with E-state index in [9.17, 15) is 9.90 Å². The van der Waals surface area contributed by atoms with Crippen molar-refractivity contribution in [1.29, 1.82) is 0 Å². The number of morpholine rings is 1. The lowest BCUT2D eigenvalue weighted by Gasteiger charge is -2.25. The van der Waals surface area contributed by atoms with Gasteiger partial charge in [-0.1, -0.05) is 19.1 Å². The Bertz CT molecular complexity index is 1020. The van der Waals surface area contributed by atoms with Crippen molar-refractivity contribution in [3.63, 3.8) is 0 Å². The van der Waals surface area contributed by atoms with Crippen molar-refractivity contribution in [2.45, 2.75) is 51.5 Å². The van der Waals surface area contributed by atoms with Crippen molar-refractivity contribution in [3.05, 3.63) is 64.9 Å². The summed E-state index contributed by atoms with van der Waals surface area (Å²) in [5, 5.41) is 9.76. The lowest BCUT2D eigenvalue weighted by Crippen LogP contribution is -2.38. The second kappa shape index (κ2) is 12.9. The summed E-state index contributed by atoms with van der Waals surface area (Å²) in [4.78, 5) is 18.5. The monoisotopic (exact) mass is 494 g/mol. The lowest BCUT2D eigenvalue weighted by molar-refractivity contribution is 0.0181. The van der Waals surface area contributed by atoms with Crippen LogP contribution in [0.1, 0.15) is 54.5 Å². The summed E-state index contributed by atoms with van der Waals surface area (Å²) in [6, 6.07) is 11.1. The normalized spacial score (nSPS) is 24.4. The molecule has 1 aliphatic carbocycles. The van der Waals surface area contributed by atoms with Crippen LogP contribution in [0.4, 0.5) is 0 Å². The van der Waals surface area contributed by atoms with E-state index in [-0.39, 0.29) is 11.8 Å². The van der Waals surface area contributed by atoms with E-state index in [0.29, 0.717) is 36.7 Å². The summed E-state index contributed by atoms with van der Waals surface area (Å²) in [7, 11) is 0. The minimum atomic E-state index is -0.411. The molecule has 1 saturated carbocycles. The zero-order chi connectivity index (χ0) is 25.3. The highest BCUT2D eigenvalue weighted by Gasteiger charge is 2.44. The average Bonchev–Trinajstić information content (AvgIpc) is 3.48. The van der Waals surface area contributed by atoms with Crippen molar-refractivity contribution in [2.75, 3.05) is 39.5 Å². The van der Waals surface area contributed by atoms with Crippen LogP contribution < -0.4 is 0 Å². The number of aryl methyl sites for hydroxylation is 2. The van der Waals surface area contributed by atoms with Gasteiger partial charge < -0.3 is 23.8 Å². The maximum Gasteiger partial charge on any atom is 0.374 e. The summed E-state index contributed by atoms with van der Waals surface area (Å²) < 4.78 is 16.5. The third-order valence-corrected chi connectivity index (χ3v) is 7.80. The van der Waals surface area contributed by atoms with Crippen LogP contribution in [0.3, 0.4) is 0 Å². The molecule has 1 N–H and O–H groups in total. The molecule has 36 heavy (non-hydrogen) atoms. The molecule has 2 aliphatic rings. The Morgan fingerprint density at radius 3 is 2.78 bits per heavy atom. The van der Waals surface area contributed by atoms with E-state index in [4.69, 9.17) is 20.5 Å². The molecule has 0 amide bonds. The van der Waals surface area contributed by atoms with Gasteiger partial charge in [0.05, 0.1) is 13.2 Å². The van der Waals surface area contributed by atoms with Gasteiger partial charge in [-0.3, -0.25) is 4.90 Å². The van der Waals surface area contributed by atoms with Crippen molar-refractivity contribution in [3.8, 4) is 5.75 Å². The molecular weight excluding hydrogens is 456 g/mol. The van der Waals surface area contributed by atoms with Gasteiger partial charge in [0.15, 0.2) is 0 Å². The Morgan fingerprint density at radius 1 is 1.17 bits per heavy atom. The third-order valence-electron chi connectivity index (χ3n) is 7.80. The zero-order valence-electron chi connectivity index (χ0n) is 21.2. The summed E-state index contributed by atoms with van der Waals surface area (Å²) in [6.45, 7) is 14.2. The van der Waals surface area contributed by atoms with Gasteiger partial charge in [-0.15, -0.1) is 0 Å². The van der Waals surface area contributed by atoms with Gasteiger partial charge in [0.25, 0.3) is 0 Å². The molecule has 2 unspecified atom stereocenters. The quantitative estimate of drug-likeness (QED) is 0.350. The number of rotatable bonds is 11. The molecular formula is C29H38N2O5. The van der Waals surface area contributed by atoms with Crippen LogP contribution in [0, 0.1) is 24.3 Å². The van der Waals surface area contributed by atoms with Gasteiger partial charge >= 0.3 is 5.97 Å². The third kappa shape index (κ3) is 7.11. The Hall–Kier alpha value is -2.82. The highest BCUT2D eigenvalue weighted by Crippen LogP contribution is 2.44. The first-order valence-corrected chi connectivity index (χ1v) is 13.2. The van der Waals surface area contributed by atoms with Crippen LogP contribution in [0.2, 0.25) is 0 Å². The maximum atomic E-state index is 12.3. The van der Waals surface area contributed by atoms with E-state index in [2.05, 4.69) is 16.7 Å². The predicted molar refractivity (Wildman–Crippen MR) is 137 cm³/mol. The zero-order valence-corrected chi connectivity index (χ0v) is 21.2. The highest BCUT2D eigenvalue weighted by atomic mass is 16.5. The average molecular weight is 495 g/mol. The van der Waals surface area contributed by atoms with Crippen LogP contribution in [0.5, 0.6) is 5.75 Å². The Balaban J connectivity index is 1.23. The summed E-state index contributed by atoms with van der Waals surface area (Å²) >= 11 is 0. The predicted octanol–water partition coefficient (Wildman–Crippen LogP) is 4.99. The number of phenols is 1. The fraction of sp³-hybridized carbons (Fsp3) is 0.586. The number of carbonyl (C=O) groups is 1. The molecule has 2 aromatic rings. The number of carbonyl (C=O) groups excluding carboxylic acids is 1. The Kier molecular flexibility index (Phi) is 9.43.